The van der Waals surface area contributed by atoms with Gasteiger partial charge in [0.2, 0.25) is 0 Å². The molecular formula is C16H20ClN3. The highest BCUT2D eigenvalue weighted by molar-refractivity contribution is 6.30. The van der Waals surface area contributed by atoms with Crippen molar-refractivity contribution in [1.82, 2.24) is 4.98 Å². The summed E-state index contributed by atoms with van der Waals surface area (Å²) in [7, 11) is 2.04. The Morgan fingerprint density at radius 1 is 1.30 bits per heavy atom. The van der Waals surface area contributed by atoms with E-state index in [9.17, 15) is 0 Å². The largest absolute Gasteiger partial charge is 0.369 e. The number of halogens is 1. The Hall–Kier alpha value is -1.58. The maximum absolute atomic E-state index is 6.00. The summed E-state index contributed by atoms with van der Waals surface area (Å²) in [4.78, 5) is 6.58. The second kappa shape index (κ2) is 6.73. The van der Waals surface area contributed by atoms with Gasteiger partial charge in [-0.3, -0.25) is 4.98 Å². The number of benzene rings is 1. The fourth-order valence-electron chi connectivity index (χ4n) is 2.05. The lowest BCUT2D eigenvalue weighted by Crippen LogP contribution is -2.17. The van der Waals surface area contributed by atoms with Crippen LogP contribution >= 0.6 is 11.6 Å². The average molecular weight is 290 g/mol. The lowest BCUT2D eigenvalue weighted by Gasteiger charge is -2.20. The van der Waals surface area contributed by atoms with Crippen molar-refractivity contribution in [1.29, 1.82) is 0 Å². The first kappa shape index (κ1) is 14.8. The third-order valence-corrected chi connectivity index (χ3v) is 3.58. The van der Waals surface area contributed by atoms with Gasteiger partial charge in [-0.2, -0.15) is 0 Å². The van der Waals surface area contributed by atoms with Gasteiger partial charge < -0.3 is 10.6 Å². The molecule has 20 heavy (non-hydrogen) atoms. The Balaban J connectivity index is 2.07. The zero-order valence-corrected chi connectivity index (χ0v) is 12.6. The zero-order chi connectivity index (χ0) is 14.5. The minimum Gasteiger partial charge on any atom is -0.369 e. The summed E-state index contributed by atoms with van der Waals surface area (Å²) < 4.78 is 0. The lowest BCUT2D eigenvalue weighted by atomic mass is 10.1. The molecule has 0 aliphatic rings. The van der Waals surface area contributed by atoms with Crippen molar-refractivity contribution in [2.24, 2.45) is 5.73 Å². The number of hydrogen-bond acceptors (Lipinski definition) is 3. The minimum atomic E-state index is 0.0160. The van der Waals surface area contributed by atoms with Gasteiger partial charge in [-0.15, -0.1) is 0 Å². The van der Waals surface area contributed by atoms with Crippen LogP contribution in [0.5, 0.6) is 0 Å². The van der Waals surface area contributed by atoms with Crippen LogP contribution in [0.2, 0.25) is 5.02 Å². The molecule has 0 unspecified atom stereocenters. The van der Waals surface area contributed by atoms with E-state index >= 15 is 0 Å². The van der Waals surface area contributed by atoms with E-state index in [0.717, 1.165) is 29.4 Å². The predicted molar refractivity (Wildman–Crippen MR) is 85.0 cm³/mol. The molecule has 106 valence electrons. The molecule has 2 N–H and O–H groups in total. The van der Waals surface area contributed by atoms with E-state index in [0.29, 0.717) is 0 Å². The van der Waals surface area contributed by atoms with Crippen LogP contribution in [0.1, 0.15) is 30.6 Å². The molecule has 0 fully saturated rings. The summed E-state index contributed by atoms with van der Waals surface area (Å²) in [6.07, 6.45) is 2.76. The molecule has 1 atom stereocenters. The summed E-state index contributed by atoms with van der Waals surface area (Å²) in [5, 5.41) is 0.762. The molecule has 1 aromatic carbocycles. The van der Waals surface area contributed by atoms with Gasteiger partial charge in [-0.05, 0) is 36.2 Å². The summed E-state index contributed by atoms with van der Waals surface area (Å²) in [5.74, 6) is 0. The van der Waals surface area contributed by atoms with Crippen LogP contribution in [0.25, 0.3) is 0 Å². The van der Waals surface area contributed by atoms with Crippen molar-refractivity contribution in [2.75, 3.05) is 11.9 Å². The molecule has 0 bridgehead atoms. The van der Waals surface area contributed by atoms with Gasteiger partial charge in [-0.25, -0.2) is 0 Å². The quantitative estimate of drug-likeness (QED) is 0.911. The molecule has 1 aromatic heterocycles. The van der Waals surface area contributed by atoms with Crippen molar-refractivity contribution >= 4 is 17.3 Å². The maximum Gasteiger partial charge on any atom is 0.0572 e. The van der Waals surface area contributed by atoms with Crippen molar-refractivity contribution in [2.45, 2.75) is 25.9 Å². The number of anilines is 1. The standard InChI is InChI=1S/C16H20ClN3/c1-3-15(18)16-8-7-14(10-19-16)20(2)11-12-5-4-6-13(17)9-12/h4-10,15H,3,11,18H2,1-2H3/t15-/m0/s1. The van der Waals surface area contributed by atoms with E-state index in [2.05, 4.69) is 28.9 Å². The number of aromatic nitrogens is 1. The summed E-state index contributed by atoms with van der Waals surface area (Å²) in [6, 6.07) is 12.0. The molecule has 0 amide bonds. The van der Waals surface area contributed by atoms with Gasteiger partial charge in [-0.1, -0.05) is 30.7 Å². The van der Waals surface area contributed by atoms with Gasteiger partial charge in [0.1, 0.15) is 0 Å². The SMILES string of the molecule is CC[C@H](N)c1ccc(N(C)Cc2cccc(Cl)c2)cn1. The molecule has 2 aromatic rings. The van der Waals surface area contributed by atoms with E-state index in [-0.39, 0.29) is 6.04 Å². The third kappa shape index (κ3) is 3.71. The first-order chi connectivity index (χ1) is 9.60. The number of nitrogens with zero attached hydrogens (tertiary/aromatic N) is 2. The predicted octanol–water partition coefficient (Wildman–Crippen LogP) is 3.78. The van der Waals surface area contributed by atoms with Gasteiger partial charge in [0.25, 0.3) is 0 Å². The molecule has 0 aliphatic heterocycles. The second-order valence-corrected chi connectivity index (χ2v) is 5.38. The van der Waals surface area contributed by atoms with E-state index in [1.807, 2.05) is 37.5 Å². The number of rotatable bonds is 5. The van der Waals surface area contributed by atoms with Crippen LogP contribution in [-0.4, -0.2) is 12.0 Å². The van der Waals surface area contributed by atoms with Crippen LogP contribution in [0, 0.1) is 0 Å². The molecule has 1 heterocycles. The lowest BCUT2D eigenvalue weighted by molar-refractivity contribution is 0.675. The number of hydrogen-bond donors (Lipinski definition) is 1. The van der Waals surface area contributed by atoms with Crippen LogP contribution in [0.4, 0.5) is 5.69 Å². The highest BCUT2D eigenvalue weighted by Crippen LogP contribution is 2.19. The molecular weight excluding hydrogens is 270 g/mol. The van der Waals surface area contributed by atoms with Crippen molar-refractivity contribution < 1.29 is 0 Å². The van der Waals surface area contributed by atoms with E-state index in [1.54, 1.807) is 0 Å². The normalized spacial score (nSPS) is 12.2. The minimum absolute atomic E-state index is 0.0160. The molecule has 4 heteroatoms. The second-order valence-electron chi connectivity index (χ2n) is 4.94. The van der Waals surface area contributed by atoms with Gasteiger partial charge in [0.05, 0.1) is 17.6 Å². The smallest absolute Gasteiger partial charge is 0.0572 e. The number of nitrogens with two attached hydrogens (primary N) is 1. The molecule has 0 saturated heterocycles. The van der Waals surface area contributed by atoms with Gasteiger partial charge in [0.15, 0.2) is 0 Å². The Bertz CT molecular complexity index is 554. The van der Waals surface area contributed by atoms with Crippen molar-refractivity contribution in [3.8, 4) is 0 Å². The Morgan fingerprint density at radius 3 is 2.70 bits per heavy atom. The molecule has 0 aliphatic carbocycles. The fourth-order valence-corrected chi connectivity index (χ4v) is 2.27. The summed E-state index contributed by atoms with van der Waals surface area (Å²) in [6.45, 7) is 2.85. The Labute approximate surface area is 125 Å². The zero-order valence-electron chi connectivity index (χ0n) is 11.9. The van der Waals surface area contributed by atoms with Gasteiger partial charge in [0, 0.05) is 24.7 Å². The molecule has 3 nitrogen and oxygen atoms in total. The number of pyridine rings is 1. The monoisotopic (exact) mass is 289 g/mol. The van der Waals surface area contributed by atoms with E-state index < -0.39 is 0 Å². The van der Waals surface area contributed by atoms with E-state index in [4.69, 9.17) is 17.3 Å². The summed E-state index contributed by atoms with van der Waals surface area (Å²) in [5.41, 5.74) is 9.15. The first-order valence-corrected chi connectivity index (χ1v) is 7.15. The molecule has 0 spiro atoms. The van der Waals surface area contributed by atoms with Crippen molar-refractivity contribution in [3.05, 3.63) is 58.9 Å². The summed E-state index contributed by atoms with van der Waals surface area (Å²) >= 11 is 6.00. The van der Waals surface area contributed by atoms with Crippen LogP contribution < -0.4 is 10.6 Å². The highest BCUT2D eigenvalue weighted by Gasteiger charge is 2.07. The fraction of sp³-hybridized carbons (Fsp3) is 0.312. The molecule has 2 rings (SSSR count). The highest BCUT2D eigenvalue weighted by atomic mass is 35.5. The third-order valence-electron chi connectivity index (χ3n) is 3.34. The average Bonchev–Trinajstić information content (AvgIpc) is 2.46. The molecule has 0 radical (unpaired) electrons. The Kier molecular flexibility index (Phi) is 4.99. The van der Waals surface area contributed by atoms with Crippen molar-refractivity contribution in [3.63, 3.8) is 0 Å². The first-order valence-electron chi connectivity index (χ1n) is 6.77. The van der Waals surface area contributed by atoms with Crippen LogP contribution in [0.15, 0.2) is 42.6 Å². The van der Waals surface area contributed by atoms with Gasteiger partial charge >= 0.3 is 0 Å². The Morgan fingerprint density at radius 2 is 2.10 bits per heavy atom. The van der Waals surface area contributed by atoms with E-state index in [1.165, 1.54) is 5.56 Å². The van der Waals surface area contributed by atoms with Crippen LogP contribution in [-0.2, 0) is 6.54 Å². The molecule has 0 saturated carbocycles. The van der Waals surface area contributed by atoms with Crippen LogP contribution in [0.3, 0.4) is 0 Å². The topological polar surface area (TPSA) is 42.1 Å². The maximum atomic E-state index is 6.00.